The van der Waals surface area contributed by atoms with E-state index < -0.39 is 72.4 Å². The van der Waals surface area contributed by atoms with Gasteiger partial charge in [0.25, 0.3) is 0 Å². The van der Waals surface area contributed by atoms with Gasteiger partial charge in [0.2, 0.25) is 11.8 Å². The highest BCUT2D eigenvalue weighted by Gasteiger charge is 2.40. The molecule has 39 heavy (non-hydrogen) atoms. The molecule has 1 aromatic heterocycles. The predicted molar refractivity (Wildman–Crippen MR) is 131 cm³/mol. The number of carbonyl (C=O) groups excluding carboxylic acids is 1. The summed E-state index contributed by atoms with van der Waals surface area (Å²) in [6.45, 7) is 0.506. The van der Waals surface area contributed by atoms with Crippen LogP contribution >= 0.6 is 0 Å². The lowest BCUT2D eigenvalue weighted by Crippen LogP contribution is -2.38. The van der Waals surface area contributed by atoms with Gasteiger partial charge in [0.15, 0.2) is 5.82 Å². The van der Waals surface area contributed by atoms with Crippen molar-refractivity contribution in [1.82, 2.24) is 15.3 Å². The highest BCUT2D eigenvalue weighted by Crippen LogP contribution is 2.42. The van der Waals surface area contributed by atoms with Crippen LogP contribution in [0.5, 0.6) is 0 Å². The topological polar surface area (TPSA) is 104 Å². The number of aromatic nitrogens is 2. The fourth-order valence-corrected chi connectivity index (χ4v) is 4.88. The van der Waals surface area contributed by atoms with E-state index >= 15 is 4.39 Å². The highest BCUT2D eigenvalue weighted by molar-refractivity contribution is 5.82. The van der Waals surface area contributed by atoms with Gasteiger partial charge >= 0.3 is 12.1 Å². The smallest absolute Gasteiger partial charge is 0.408 e. The first-order valence-corrected chi connectivity index (χ1v) is 12.5. The van der Waals surface area contributed by atoms with Crippen LogP contribution in [0.1, 0.15) is 67.9 Å². The molecule has 0 saturated heterocycles. The van der Waals surface area contributed by atoms with Crippen LogP contribution in [-0.2, 0) is 16.1 Å². The number of aromatic amines is 1. The van der Waals surface area contributed by atoms with Crippen LogP contribution in [-0.4, -0.2) is 39.0 Å². The number of carboxylic acids is 1. The van der Waals surface area contributed by atoms with Gasteiger partial charge in [-0.15, -0.1) is 0 Å². The van der Waals surface area contributed by atoms with E-state index in [0.29, 0.717) is 6.92 Å². The number of H-pyrrole nitrogens is 1. The molecule has 12 heteroatoms. The van der Waals surface area contributed by atoms with Gasteiger partial charge in [0, 0.05) is 24.8 Å². The van der Waals surface area contributed by atoms with Crippen LogP contribution in [0.2, 0.25) is 0 Å². The molecular formula is C27H28F5N3O4. The lowest BCUT2D eigenvalue weighted by atomic mass is 9.82. The number of imidazole rings is 1. The second-order valence-electron chi connectivity index (χ2n) is 10.0. The van der Waals surface area contributed by atoms with Crippen LogP contribution in [0.3, 0.4) is 0 Å². The van der Waals surface area contributed by atoms with Crippen LogP contribution in [0.15, 0.2) is 42.5 Å². The molecule has 2 aromatic carbocycles. The molecule has 1 heterocycles. The molecule has 4 rings (SSSR count). The predicted octanol–water partition coefficient (Wildman–Crippen LogP) is 6.71. The molecule has 3 N–H and O–H groups in total. The Bertz CT molecular complexity index is 1320. The Hall–Kier alpha value is -3.70. The summed E-state index contributed by atoms with van der Waals surface area (Å²) in [4.78, 5) is 31.4. The summed E-state index contributed by atoms with van der Waals surface area (Å²) in [6.07, 6.45) is -2.66. The van der Waals surface area contributed by atoms with Crippen LogP contribution in [0, 0.1) is 11.7 Å². The summed E-state index contributed by atoms with van der Waals surface area (Å²) in [6, 6.07) is 10.3. The number of benzene rings is 2. The molecule has 7 nitrogen and oxygen atoms in total. The van der Waals surface area contributed by atoms with Gasteiger partial charge in [-0.2, -0.15) is 0 Å². The number of halogens is 5. The Morgan fingerprint density at radius 2 is 1.85 bits per heavy atom. The Morgan fingerprint density at radius 1 is 1.18 bits per heavy atom. The van der Waals surface area contributed by atoms with Crippen LogP contribution in [0.4, 0.5) is 26.7 Å². The van der Waals surface area contributed by atoms with Crippen molar-refractivity contribution in [2.45, 2.75) is 69.4 Å². The molecule has 1 aliphatic carbocycles. The number of aliphatic carboxylic acids is 1. The van der Waals surface area contributed by atoms with Crippen molar-refractivity contribution in [1.29, 1.82) is 0 Å². The molecule has 3 aromatic rings. The molecule has 1 unspecified atom stereocenters. The van der Waals surface area contributed by atoms with Gasteiger partial charge in [-0.05, 0) is 37.3 Å². The number of rotatable bonds is 9. The number of fused-ring (bicyclic) bond motifs is 1. The molecule has 1 aliphatic rings. The average molecular weight is 554 g/mol. The summed E-state index contributed by atoms with van der Waals surface area (Å²) < 4.78 is 75.7. The first-order chi connectivity index (χ1) is 18.3. The summed E-state index contributed by atoms with van der Waals surface area (Å²) in [5.41, 5.74) is 0.0900. The zero-order valence-electron chi connectivity index (χ0n) is 21.0. The zero-order chi connectivity index (χ0) is 28.4. The summed E-state index contributed by atoms with van der Waals surface area (Å²) >= 11 is 0. The van der Waals surface area contributed by atoms with E-state index in [2.05, 4.69) is 15.3 Å². The van der Waals surface area contributed by atoms with E-state index in [1.807, 2.05) is 0 Å². The summed E-state index contributed by atoms with van der Waals surface area (Å²) in [5, 5.41) is 12.1. The quantitative estimate of drug-likeness (QED) is 0.256. The third kappa shape index (κ3) is 7.04. The average Bonchev–Trinajstić information content (AvgIpc) is 3.30. The minimum atomic E-state index is -3.36. The second kappa shape index (κ2) is 11.2. The lowest BCUT2D eigenvalue weighted by molar-refractivity contribution is -0.141. The van der Waals surface area contributed by atoms with E-state index in [9.17, 15) is 32.3 Å². The SMILES string of the molecule is CC(F)(F)CC(C(=O)O)c1ccc2[nH]c([C@@H](NC(=O)OCc3ccccc3)C3CCC(F)(F)CC3)nc2c1F. The summed E-state index contributed by atoms with van der Waals surface area (Å²) in [5.74, 6) is -11.2. The zero-order valence-corrected chi connectivity index (χ0v) is 21.0. The van der Waals surface area contributed by atoms with Gasteiger partial charge in [-0.25, -0.2) is 31.7 Å². The fraction of sp³-hybridized carbons (Fsp3) is 0.444. The largest absolute Gasteiger partial charge is 0.481 e. The number of hydrogen-bond acceptors (Lipinski definition) is 4. The Labute approximate surface area is 220 Å². The number of alkyl halides is 4. The molecule has 2 atom stereocenters. The minimum absolute atomic E-state index is 0.0428. The van der Waals surface area contributed by atoms with Crippen molar-refractivity contribution in [3.63, 3.8) is 0 Å². The number of nitrogens with zero attached hydrogens (tertiary/aromatic N) is 1. The van der Waals surface area contributed by atoms with Crippen LogP contribution < -0.4 is 5.32 Å². The van der Waals surface area contributed by atoms with Gasteiger partial charge in [-0.3, -0.25) is 4.79 Å². The monoisotopic (exact) mass is 553 g/mol. The van der Waals surface area contributed by atoms with Gasteiger partial charge in [0.05, 0.1) is 17.5 Å². The number of amides is 1. The molecule has 0 aliphatic heterocycles. The van der Waals surface area contributed by atoms with Crippen molar-refractivity contribution in [2.75, 3.05) is 0 Å². The molecular weight excluding hydrogens is 525 g/mol. The third-order valence-corrected chi connectivity index (χ3v) is 6.89. The Balaban J connectivity index is 1.63. The molecule has 1 saturated carbocycles. The molecule has 0 spiro atoms. The van der Waals surface area contributed by atoms with E-state index in [-0.39, 0.29) is 36.3 Å². The number of hydrogen-bond donors (Lipinski definition) is 3. The Kier molecular flexibility index (Phi) is 8.12. The van der Waals surface area contributed by atoms with Gasteiger partial charge in [0.1, 0.15) is 17.9 Å². The molecule has 1 fully saturated rings. The Morgan fingerprint density at radius 3 is 2.46 bits per heavy atom. The highest BCUT2D eigenvalue weighted by atomic mass is 19.3. The number of carboxylic acid groups (broad SMARTS) is 1. The maximum atomic E-state index is 15.4. The van der Waals surface area contributed by atoms with Crippen molar-refractivity contribution >= 4 is 23.1 Å². The standard InChI is InChI=1S/C27H28F5N3O4/c1-26(29,30)13-18(24(36)37)17-7-8-19-22(20(17)28)34-23(33-19)21(16-9-11-27(31,32)12-10-16)35-25(38)39-14-15-5-3-2-4-6-15/h2-8,16,18,21H,9-14H2,1H3,(H,33,34)(H,35,38)(H,36,37)/t18?,21-/m0/s1. The summed E-state index contributed by atoms with van der Waals surface area (Å²) in [7, 11) is 0. The van der Waals surface area contributed by atoms with E-state index in [4.69, 9.17) is 4.74 Å². The van der Waals surface area contributed by atoms with E-state index in [1.165, 1.54) is 6.07 Å². The van der Waals surface area contributed by atoms with E-state index in [0.717, 1.165) is 11.6 Å². The molecule has 0 bridgehead atoms. The minimum Gasteiger partial charge on any atom is -0.481 e. The maximum absolute atomic E-state index is 15.4. The normalized spacial score (nSPS) is 17.5. The van der Waals surface area contributed by atoms with Gasteiger partial charge < -0.3 is 20.1 Å². The maximum Gasteiger partial charge on any atom is 0.408 e. The van der Waals surface area contributed by atoms with Crippen molar-refractivity contribution in [2.24, 2.45) is 5.92 Å². The van der Waals surface area contributed by atoms with Crippen molar-refractivity contribution < 1.29 is 41.4 Å². The number of carbonyl (C=O) groups is 2. The molecule has 1 amide bonds. The molecule has 210 valence electrons. The fourth-order valence-electron chi connectivity index (χ4n) is 4.88. The first kappa shape index (κ1) is 28.3. The van der Waals surface area contributed by atoms with Gasteiger partial charge in [-0.1, -0.05) is 36.4 Å². The van der Waals surface area contributed by atoms with Crippen molar-refractivity contribution in [3.05, 3.63) is 65.2 Å². The molecule has 0 radical (unpaired) electrons. The third-order valence-electron chi connectivity index (χ3n) is 6.89. The number of nitrogens with one attached hydrogen (secondary N) is 2. The number of ether oxygens (including phenoxy) is 1. The first-order valence-electron chi connectivity index (χ1n) is 12.5. The number of alkyl carbamates (subject to hydrolysis) is 1. The van der Waals surface area contributed by atoms with Crippen molar-refractivity contribution in [3.8, 4) is 0 Å². The lowest BCUT2D eigenvalue weighted by Gasteiger charge is -2.33. The van der Waals surface area contributed by atoms with Crippen LogP contribution in [0.25, 0.3) is 11.0 Å². The second-order valence-corrected chi connectivity index (χ2v) is 10.0. The van der Waals surface area contributed by atoms with E-state index in [1.54, 1.807) is 30.3 Å².